The van der Waals surface area contributed by atoms with Crippen LogP contribution < -0.4 is 16.4 Å². The van der Waals surface area contributed by atoms with Crippen molar-refractivity contribution in [2.75, 3.05) is 40.4 Å². The summed E-state index contributed by atoms with van der Waals surface area (Å²) in [6.07, 6.45) is 4.09. The summed E-state index contributed by atoms with van der Waals surface area (Å²) in [6, 6.07) is 5.78. The fraction of sp³-hybridized carbons (Fsp3) is 0.577. The number of ether oxygens (including phenoxy) is 1. The van der Waals surface area contributed by atoms with Gasteiger partial charge in [-0.15, -0.1) is 0 Å². The number of hydrogen-bond donors (Lipinski definition) is 6. The summed E-state index contributed by atoms with van der Waals surface area (Å²) in [7, 11) is 4.17. The van der Waals surface area contributed by atoms with Crippen LogP contribution in [0.3, 0.4) is 0 Å². The van der Waals surface area contributed by atoms with Gasteiger partial charge in [0.05, 0.1) is 12.6 Å². The number of amides is 2. The first-order valence-corrected chi connectivity index (χ1v) is 12.4. The number of fused-ring (bicyclic) bond motifs is 1. The lowest BCUT2D eigenvalue weighted by Gasteiger charge is -2.14. The van der Waals surface area contributed by atoms with Gasteiger partial charge in [0.2, 0.25) is 5.91 Å². The lowest BCUT2D eigenvalue weighted by molar-refractivity contribution is -0.142. The first-order chi connectivity index (χ1) is 17.5. The smallest absolute Gasteiger partial charge is 0.407 e. The average Bonchev–Trinajstić information content (AvgIpc) is 3.42. The molecule has 1 fully saturated rings. The number of aliphatic hydroxyl groups excluding tert-OH is 1. The highest BCUT2D eigenvalue weighted by atomic mass is 16.6. The maximum absolute atomic E-state index is 11.1. The minimum Gasteiger partial charge on any atom is -0.480 e. The van der Waals surface area contributed by atoms with E-state index in [9.17, 15) is 14.4 Å². The van der Waals surface area contributed by atoms with E-state index in [1.807, 2.05) is 13.8 Å². The van der Waals surface area contributed by atoms with Crippen LogP contribution in [0.5, 0.6) is 0 Å². The van der Waals surface area contributed by atoms with Gasteiger partial charge in [-0.25, -0.2) is 9.59 Å². The van der Waals surface area contributed by atoms with Crippen molar-refractivity contribution in [2.24, 2.45) is 11.7 Å². The van der Waals surface area contributed by atoms with Crippen LogP contribution in [0.15, 0.2) is 24.4 Å². The minimum atomic E-state index is -0.973. The predicted octanol–water partition coefficient (Wildman–Crippen LogP) is 1.48. The van der Waals surface area contributed by atoms with Crippen LogP contribution >= 0.6 is 0 Å². The summed E-state index contributed by atoms with van der Waals surface area (Å²) in [5, 5.41) is 22.9. The van der Waals surface area contributed by atoms with Crippen LogP contribution in [0.25, 0.3) is 10.9 Å². The van der Waals surface area contributed by atoms with Crippen molar-refractivity contribution in [1.82, 2.24) is 20.5 Å². The van der Waals surface area contributed by atoms with E-state index in [-0.39, 0.29) is 30.6 Å². The molecule has 37 heavy (non-hydrogen) atoms. The number of rotatable bonds is 10. The normalized spacial score (nSPS) is 15.3. The lowest BCUT2D eigenvalue weighted by atomic mass is 10.0. The number of H-pyrrole nitrogens is 1. The Morgan fingerprint density at radius 1 is 1.30 bits per heavy atom. The Morgan fingerprint density at radius 3 is 2.46 bits per heavy atom. The molecule has 1 aliphatic heterocycles. The van der Waals surface area contributed by atoms with Crippen LogP contribution in [-0.4, -0.2) is 90.5 Å². The molecular weight excluding hydrogens is 478 g/mol. The van der Waals surface area contributed by atoms with Crippen LogP contribution in [0.1, 0.15) is 38.3 Å². The van der Waals surface area contributed by atoms with Gasteiger partial charge in [-0.3, -0.25) is 4.79 Å². The van der Waals surface area contributed by atoms with E-state index >= 15 is 0 Å². The standard InChI is InChI=1S/C16H21N3O2.C8H15NO3.C2H7NO/c1-19(2)6-5-12-9-17-15-4-3-11(8-14(12)15)7-13-10-21-16(20)18-13;1-5(2)4-7(8(11)12)9-6(3)10;3-1-2-4/h3-4,8-9,13,17H,5-7,10H2,1-2H3,(H,18,20);5,7H,4H2,1-3H3,(H,9,10)(H,11,12);4H,1-3H2/t13-;;/m0../s1. The highest BCUT2D eigenvalue weighted by molar-refractivity contribution is 5.84. The van der Waals surface area contributed by atoms with Crippen molar-refractivity contribution in [3.63, 3.8) is 0 Å². The van der Waals surface area contributed by atoms with E-state index in [1.165, 1.54) is 29.0 Å². The number of likely N-dealkylation sites (N-methyl/N-ethyl adjacent to an activating group) is 1. The molecule has 2 heterocycles. The summed E-state index contributed by atoms with van der Waals surface area (Å²) in [5.41, 5.74) is 8.51. The number of alkyl carbamates (subject to hydrolysis) is 1. The van der Waals surface area contributed by atoms with Gasteiger partial charge in [0.1, 0.15) is 12.6 Å². The maximum Gasteiger partial charge on any atom is 0.407 e. The first kappa shape index (κ1) is 31.9. The van der Waals surface area contributed by atoms with Crippen molar-refractivity contribution >= 4 is 28.9 Å². The Hall–Kier alpha value is -3.15. The molecule has 11 nitrogen and oxygen atoms in total. The maximum atomic E-state index is 11.1. The topological polar surface area (TPSA) is 170 Å². The number of aromatic nitrogens is 1. The van der Waals surface area contributed by atoms with Crippen LogP contribution in [0.2, 0.25) is 0 Å². The van der Waals surface area contributed by atoms with E-state index < -0.39 is 12.0 Å². The van der Waals surface area contributed by atoms with Gasteiger partial charge >= 0.3 is 12.1 Å². The third-order valence-corrected chi connectivity index (χ3v) is 5.39. The van der Waals surface area contributed by atoms with Crippen molar-refractivity contribution in [3.05, 3.63) is 35.5 Å². The second-order valence-electron chi connectivity index (χ2n) is 9.62. The zero-order valence-corrected chi connectivity index (χ0v) is 22.5. The molecule has 1 unspecified atom stereocenters. The minimum absolute atomic E-state index is 0.0825. The number of nitrogens with one attached hydrogen (secondary N) is 3. The number of carboxylic acids is 1. The van der Waals surface area contributed by atoms with Crippen molar-refractivity contribution in [3.8, 4) is 0 Å². The van der Waals surface area contributed by atoms with E-state index in [0.29, 0.717) is 19.6 Å². The zero-order chi connectivity index (χ0) is 28.0. The van der Waals surface area contributed by atoms with Gasteiger partial charge < -0.3 is 41.2 Å². The Morgan fingerprint density at radius 2 is 1.97 bits per heavy atom. The lowest BCUT2D eigenvalue weighted by Crippen LogP contribution is -2.40. The molecular formula is C26H43N5O6. The van der Waals surface area contributed by atoms with E-state index in [1.54, 1.807) is 0 Å². The summed E-state index contributed by atoms with van der Waals surface area (Å²) in [5.74, 6) is -1.01. The Balaban J connectivity index is 0.000000364. The zero-order valence-electron chi connectivity index (χ0n) is 22.5. The molecule has 1 aromatic carbocycles. The number of aliphatic carboxylic acids is 1. The van der Waals surface area contributed by atoms with E-state index in [0.717, 1.165) is 19.4 Å². The van der Waals surface area contributed by atoms with Crippen molar-refractivity contribution in [1.29, 1.82) is 0 Å². The number of carboxylic acid groups (broad SMARTS) is 1. The number of carbonyl (C=O) groups is 3. The SMILES string of the molecule is CC(=O)NC(CC(C)C)C(=O)O.CN(C)CCc1c[nH]c2ccc(C[C@H]3COC(=O)N3)cc12.NCCO. The molecule has 0 aliphatic carbocycles. The Kier molecular flexibility index (Phi) is 14.3. The monoisotopic (exact) mass is 521 g/mol. The summed E-state index contributed by atoms with van der Waals surface area (Å²) in [6.45, 7) is 7.10. The van der Waals surface area contributed by atoms with Crippen molar-refractivity contribution < 1.29 is 29.3 Å². The van der Waals surface area contributed by atoms with Gasteiger partial charge in [0.25, 0.3) is 0 Å². The molecule has 0 radical (unpaired) electrons. The number of nitrogens with zero attached hydrogens (tertiary/aromatic N) is 1. The third-order valence-electron chi connectivity index (χ3n) is 5.39. The fourth-order valence-electron chi connectivity index (χ4n) is 3.66. The molecule has 1 saturated heterocycles. The molecule has 208 valence electrons. The van der Waals surface area contributed by atoms with Crippen molar-refractivity contribution in [2.45, 2.75) is 52.1 Å². The molecule has 0 bridgehead atoms. The highest BCUT2D eigenvalue weighted by Gasteiger charge is 2.22. The highest BCUT2D eigenvalue weighted by Crippen LogP contribution is 2.21. The quantitative estimate of drug-likeness (QED) is 0.273. The number of carbonyl (C=O) groups excluding carboxylic acids is 2. The van der Waals surface area contributed by atoms with Gasteiger partial charge in [-0.2, -0.15) is 0 Å². The molecule has 2 aromatic rings. The van der Waals surface area contributed by atoms with Gasteiger partial charge in [0, 0.05) is 37.1 Å². The Bertz CT molecular complexity index is 989. The Labute approximate surface area is 218 Å². The third kappa shape index (κ3) is 12.6. The summed E-state index contributed by atoms with van der Waals surface area (Å²) >= 11 is 0. The van der Waals surface area contributed by atoms with Crippen LogP contribution in [0, 0.1) is 5.92 Å². The van der Waals surface area contributed by atoms with E-state index in [4.69, 9.17) is 20.7 Å². The number of cyclic esters (lactones) is 1. The predicted molar refractivity (Wildman–Crippen MR) is 143 cm³/mol. The van der Waals surface area contributed by atoms with Gasteiger partial charge in [-0.1, -0.05) is 19.9 Å². The number of hydrogen-bond acceptors (Lipinski definition) is 7. The average molecular weight is 522 g/mol. The first-order valence-electron chi connectivity index (χ1n) is 12.4. The molecule has 2 atom stereocenters. The molecule has 3 rings (SSSR count). The molecule has 1 aliphatic rings. The molecule has 0 spiro atoms. The molecule has 2 amide bonds. The number of aliphatic hydroxyl groups is 1. The van der Waals surface area contributed by atoms with E-state index in [2.05, 4.69) is 59.0 Å². The van der Waals surface area contributed by atoms with Gasteiger partial charge in [0.15, 0.2) is 0 Å². The van der Waals surface area contributed by atoms with Crippen LogP contribution in [-0.2, 0) is 27.2 Å². The fourth-order valence-corrected chi connectivity index (χ4v) is 3.66. The van der Waals surface area contributed by atoms with Crippen LogP contribution in [0.4, 0.5) is 4.79 Å². The number of nitrogens with two attached hydrogens (primary N) is 1. The largest absolute Gasteiger partial charge is 0.480 e. The molecule has 11 heteroatoms. The molecule has 1 aromatic heterocycles. The number of aromatic amines is 1. The second kappa shape index (κ2) is 16.6. The summed E-state index contributed by atoms with van der Waals surface area (Å²) < 4.78 is 4.94. The molecule has 7 N–H and O–H groups in total. The number of benzene rings is 1. The summed E-state index contributed by atoms with van der Waals surface area (Å²) in [4.78, 5) is 37.7. The van der Waals surface area contributed by atoms with Gasteiger partial charge in [-0.05, 0) is 62.5 Å². The second-order valence-corrected chi connectivity index (χ2v) is 9.62. The molecule has 0 saturated carbocycles.